The minimum atomic E-state index is -0.552. The lowest BCUT2D eigenvalue weighted by Crippen LogP contribution is -2.47. The van der Waals surface area contributed by atoms with E-state index in [4.69, 9.17) is 5.73 Å². The zero-order chi connectivity index (χ0) is 18.1. The van der Waals surface area contributed by atoms with Crippen LogP contribution >= 0.6 is 0 Å². The summed E-state index contributed by atoms with van der Waals surface area (Å²) >= 11 is 0. The first-order chi connectivity index (χ1) is 12.6. The fourth-order valence-electron chi connectivity index (χ4n) is 3.14. The average molecular weight is 349 g/mol. The summed E-state index contributed by atoms with van der Waals surface area (Å²) in [5, 5.41) is 6.91. The third kappa shape index (κ3) is 3.02. The lowest BCUT2D eigenvalue weighted by Gasteiger charge is -2.26. The summed E-state index contributed by atoms with van der Waals surface area (Å²) in [5.74, 6) is -0.490. The van der Waals surface area contributed by atoms with Crippen molar-refractivity contribution in [3.63, 3.8) is 0 Å². The molecular weight excluding hydrogens is 332 g/mol. The van der Waals surface area contributed by atoms with E-state index >= 15 is 0 Å². The van der Waals surface area contributed by atoms with Crippen LogP contribution < -0.4 is 11.1 Å². The molecule has 1 saturated heterocycles. The van der Waals surface area contributed by atoms with Gasteiger partial charge in [-0.25, -0.2) is 9.50 Å². The Hall–Kier alpha value is -3.26. The zero-order valence-electron chi connectivity index (χ0n) is 14.0. The van der Waals surface area contributed by atoms with Crippen molar-refractivity contribution >= 4 is 17.5 Å². The molecule has 1 fully saturated rings. The van der Waals surface area contributed by atoms with E-state index in [0.717, 1.165) is 29.9 Å². The molecule has 1 aliphatic heterocycles. The fraction of sp³-hybridized carbons (Fsp3) is 0.222. The lowest BCUT2D eigenvalue weighted by atomic mass is 10.1. The maximum absolute atomic E-state index is 11.5. The number of pyridine rings is 1. The van der Waals surface area contributed by atoms with Gasteiger partial charge in [0.2, 0.25) is 12.2 Å². The predicted octanol–water partition coefficient (Wildman–Crippen LogP) is 0.227. The second-order valence-electron chi connectivity index (χ2n) is 6.20. The van der Waals surface area contributed by atoms with Gasteiger partial charge in [-0.15, -0.1) is 5.10 Å². The van der Waals surface area contributed by atoms with Gasteiger partial charge in [0.05, 0.1) is 17.8 Å². The topological polar surface area (TPSA) is 106 Å². The molecule has 0 atom stereocenters. The number of piperazine rings is 1. The number of carbonyl (C=O) groups is 2. The SMILES string of the molecule is NC(=O)c1ccc(-c2ccc(CN3CCNC(=O)C3)cc2)n2n[c]nc12. The molecule has 2 aromatic heterocycles. The summed E-state index contributed by atoms with van der Waals surface area (Å²) in [6.45, 7) is 2.67. The number of rotatable bonds is 4. The van der Waals surface area contributed by atoms with Gasteiger partial charge < -0.3 is 11.1 Å². The molecule has 0 bridgehead atoms. The molecule has 131 valence electrons. The van der Waals surface area contributed by atoms with E-state index in [-0.39, 0.29) is 5.91 Å². The van der Waals surface area contributed by atoms with E-state index in [2.05, 4.69) is 26.6 Å². The number of nitrogens with zero attached hydrogens (tertiary/aromatic N) is 4. The monoisotopic (exact) mass is 349 g/mol. The third-order valence-electron chi connectivity index (χ3n) is 4.42. The second-order valence-corrected chi connectivity index (χ2v) is 6.20. The van der Waals surface area contributed by atoms with E-state index in [1.54, 1.807) is 16.6 Å². The number of fused-ring (bicyclic) bond motifs is 1. The van der Waals surface area contributed by atoms with Crippen molar-refractivity contribution in [2.24, 2.45) is 5.73 Å². The zero-order valence-corrected chi connectivity index (χ0v) is 14.0. The van der Waals surface area contributed by atoms with Crippen molar-refractivity contribution in [2.75, 3.05) is 19.6 Å². The van der Waals surface area contributed by atoms with Crippen molar-refractivity contribution < 1.29 is 9.59 Å². The van der Waals surface area contributed by atoms with Gasteiger partial charge in [0.25, 0.3) is 5.91 Å². The molecule has 1 radical (unpaired) electrons. The molecule has 0 spiro atoms. The number of aromatic nitrogens is 3. The lowest BCUT2D eigenvalue weighted by molar-refractivity contribution is -0.124. The number of nitrogens with two attached hydrogens (primary N) is 1. The summed E-state index contributed by atoms with van der Waals surface area (Å²) < 4.78 is 1.56. The molecule has 3 heterocycles. The first-order valence-corrected chi connectivity index (χ1v) is 8.26. The van der Waals surface area contributed by atoms with Crippen LogP contribution in [-0.4, -0.2) is 50.9 Å². The summed E-state index contributed by atoms with van der Waals surface area (Å²) in [4.78, 5) is 29.1. The molecule has 26 heavy (non-hydrogen) atoms. The van der Waals surface area contributed by atoms with Crippen LogP contribution in [0.4, 0.5) is 0 Å². The summed E-state index contributed by atoms with van der Waals surface area (Å²) in [6.07, 6.45) is 2.52. The van der Waals surface area contributed by atoms with Gasteiger partial charge in [0.1, 0.15) is 0 Å². The molecule has 3 aromatic rings. The Morgan fingerprint density at radius 2 is 2.04 bits per heavy atom. The first-order valence-electron chi connectivity index (χ1n) is 8.26. The molecule has 0 unspecified atom stereocenters. The van der Waals surface area contributed by atoms with Crippen LogP contribution in [0, 0.1) is 6.33 Å². The van der Waals surface area contributed by atoms with Crippen LogP contribution in [0.3, 0.4) is 0 Å². The quantitative estimate of drug-likeness (QED) is 0.701. The number of amides is 2. The molecule has 2 amide bonds. The molecule has 8 heteroatoms. The predicted molar refractivity (Wildman–Crippen MR) is 94.1 cm³/mol. The van der Waals surface area contributed by atoms with Crippen molar-refractivity contribution in [1.82, 2.24) is 24.8 Å². The molecule has 0 saturated carbocycles. The Labute approximate surface area is 149 Å². The van der Waals surface area contributed by atoms with E-state index < -0.39 is 5.91 Å². The van der Waals surface area contributed by atoms with E-state index in [1.165, 1.54) is 0 Å². The third-order valence-corrected chi connectivity index (χ3v) is 4.42. The normalized spacial score (nSPS) is 15.2. The Morgan fingerprint density at radius 1 is 1.23 bits per heavy atom. The van der Waals surface area contributed by atoms with Gasteiger partial charge in [-0.05, 0) is 17.7 Å². The smallest absolute Gasteiger partial charge is 0.252 e. The number of carbonyl (C=O) groups excluding carboxylic acids is 2. The number of benzene rings is 1. The highest BCUT2D eigenvalue weighted by molar-refractivity contribution is 5.99. The van der Waals surface area contributed by atoms with E-state index in [0.29, 0.717) is 24.3 Å². The Bertz CT molecular complexity index is 979. The molecule has 1 aromatic carbocycles. The average Bonchev–Trinajstić information content (AvgIpc) is 3.11. The van der Waals surface area contributed by atoms with Gasteiger partial charge in [0.15, 0.2) is 5.65 Å². The summed E-state index contributed by atoms with van der Waals surface area (Å²) in [6, 6.07) is 11.5. The summed E-state index contributed by atoms with van der Waals surface area (Å²) in [7, 11) is 0. The highest BCUT2D eigenvalue weighted by atomic mass is 16.2. The van der Waals surface area contributed by atoms with Gasteiger partial charge in [0, 0.05) is 25.2 Å². The standard InChI is InChI=1S/C18H17N6O2/c19-17(26)14-5-6-15(24-18(14)21-11-22-24)13-3-1-12(2-4-13)9-23-8-7-20-16(25)10-23/h1-6H,7-10H2,(H2,19,26)(H,20,25). The number of hydrogen-bond acceptors (Lipinski definition) is 5. The summed E-state index contributed by atoms with van der Waals surface area (Å²) in [5.41, 5.74) is 8.93. The molecular formula is C18H17N6O2. The Kier molecular flexibility index (Phi) is 4.10. The Balaban J connectivity index is 1.60. The van der Waals surface area contributed by atoms with E-state index in [9.17, 15) is 9.59 Å². The van der Waals surface area contributed by atoms with E-state index in [1.807, 2.05) is 24.3 Å². The highest BCUT2D eigenvalue weighted by Gasteiger charge is 2.16. The van der Waals surface area contributed by atoms with Crippen LogP contribution in [0.1, 0.15) is 15.9 Å². The number of primary amides is 1. The molecule has 3 N–H and O–H groups in total. The van der Waals surface area contributed by atoms with Crippen LogP contribution in [-0.2, 0) is 11.3 Å². The highest BCUT2D eigenvalue weighted by Crippen LogP contribution is 2.22. The molecule has 1 aliphatic rings. The maximum atomic E-state index is 11.5. The van der Waals surface area contributed by atoms with Crippen LogP contribution in [0.2, 0.25) is 0 Å². The molecule has 0 aliphatic carbocycles. The van der Waals surface area contributed by atoms with Gasteiger partial charge >= 0.3 is 0 Å². The van der Waals surface area contributed by atoms with Crippen LogP contribution in [0.5, 0.6) is 0 Å². The largest absolute Gasteiger partial charge is 0.365 e. The van der Waals surface area contributed by atoms with Crippen molar-refractivity contribution in [3.8, 4) is 11.3 Å². The number of nitrogens with one attached hydrogen (secondary N) is 1. The number of hydrogen-bond donors (Lipinski definition) is 2. The van der Waals surface area contributed by atoms with Crippen molar-refractivity contribution in [3.05, 3.63) is 53.9 Å². The van der Waals surface area contributed by atoms with Crippen molar-refractivity contribution in [2.45, 2.75) is 6.54 Å². The van der Waals surface area contributed by atoms with Crippen LogP contribution in [0.15, 0.2) is 36.4 Å². The minimum Gasteiger partial charge on any atom is -0.365 e. The van der Waals surface area contributed by atoms with Gasteiger partial charge in [-0.3, -0.25) is 14.5 Å². The fourth-order valence-corrected chi connectivity index (χ4v) is 3.14. The van der Waals surface area contributed by atoms with Gasteiger partial charge in [-0.1, -0.05) is 24.3 Å². The first kappa shape index (κ1) is 16.2. The molecule has 4 rings (SSSR count). The molecule has 8 nitrogen and oxygen atoms in total. The van der Waals surface area contributed by atoms with Crippen LogP contribution in [0.25, 0.3) is 16.9 Å². The maximum Gasteiger partial charge on any atom is 0.252 e. The second kappa shape index (κ2) is 6.57. The van der Waals surface area contributed by atoms with Gasteiger partial charge in [-0.2, -0.15) is 0 Å². The Morgan fingerprint density at radius 3 is 2.77 bits per heavy atom. The minimum absolute atomic E-state index is 0.0623. The van der Waals surface area contributed by atoms with Crippen molar-refractivity contribution in [1.29, 1.82) is 0 Å².